The minimum absolute atomic E-state index is 0.212. The molecule has 0 radical (unpaired) electrons. The maximum Gasteiger partial charge on any atom is 0.231 e. The Morgan fingerprint density at radius 3 is 1.97 bits per heavy atom. The summed E-state index contributed by atoms with van der Waals surface area (Å²) in [5.41, 5.74) is 8.63. The second-order valence-electron chi connectivity index (χ2n) is 9.69. The van der Waals surface area contributed by atoms with Crippen LogP contribution in [-0.2, 0) is 0 Å². The van der Waals surface area contributed by atoms with E-state index in [0.29, 0.717) is 11.5 Å². The first-order chi connectivity index (χ1) is 19.0. The second-order valence-corrected chi connectivity index (χ2v) is 9.69. The zero-order chi connectivity index (χ0) is 27.1. The predicted octanol–water partition coefficient (Wildman–Crippen LogP) is 7.87. The molecule has 0 unspecified atom stereocenters. The lowest BCUT2D eigenvalue weighted by molar-refractivity contribution is -0.392. The van der Waals surface area contributed by atoms with E-state index in [-0.39, 0.29) is 6.79 Å². The van der Waals surface area contributed by atoms with Crippen LogP contribution in [0.1, 0.15) is 5.56 Å². The van der Waals surface area contributed by atoms with Crippen molar-refractivity contribution < 1.29 is 23.5 Å². The molecule has 5 nitrogen and oxygen atoms in total. The molecule has 0 bridgehead atoms. The molecule has 5 aromatic carbocycles. The Morgan fingerprint density at radius 1 is 0.692 bits per heavy atom. The van der Waals surface area contributed by atoms with Gasteiger partial charge >= 0.3 is 0 Å². The Kier molecular flexibility index (Phi) is 6.20. The molecule has 0 spiro atoms. The van der Waals surface area contributed by atoms with Crippen LogP contribution in [-0.4, -0.2) is 39.4 Å². The van der Waals surface area contributed by atoms with Crippen LogP contribution in [0.15, 0.2) is 84.9 Å². The van der Waals surface area contributed by atoms with Gasteiger partial charge in [-0.15, -0.1) is 0 Å². The molecule has 1 heterocycles. The maximum absolute atomic E-state index is 5.79. The van der Waals surface area contributed by atoms with Crippen LogP contribution in [0, 0.1) is 6.92 Å². The SMILES string of the molecule is C=[N+](C)c1c(-c2ccc(OC)c(OC)c2C)cc(-c2ccc(-c3ccccc3)cc2)c2cc3c(cc12)OCO3. The van der Waals surface area contributed by atoms with Crippen LogP contribution in [0.2, 0.25) is 0 Å². The molecule has 5 aromatic rings. The van der Waals surface area contributed by atoms with E-state index < -0.39 is 0 Å². The van der Waals surface area contributed by atoms with Gasteiger partial charge in [0, 0.05) is 10.9 Å². The summed E-state index contributed by atoms with van der Waals surface area (Å²) < 4.78 is 24.8. The van der Waals surface area contributed by atoms with Gasteiger partial charge in [0.15, 0.2) is 23.0 Å². The molecule has 0 saturated heterocycles. The molecule has 0 amide bonds. The fraction of sp³-hybridized carbons (Fsp3) is 0.147. The summed E-state index contributed by atoms with van der Waals surface area (Å²) in [7, 11) is 5.29. The third kappa shape index (κ3) is 4.16. The van der Waals surface area contributed by atoms with E-state index in [1.807, 2.05) is 23.8 Å². The van der Waals surface area contributed by atoms with Gasteiger partial charge < -0.3 is 18.9 Å². The minimum Gasteiger partial charge on any atom is -0.493 e. The molecule has 0 aliphatic carbocycles. The Bertz CT molecular complexity index is 1720. The average molecular weight is 517 g/mol. The lowest BCUT2D eigenvalue weighted by Crippen LogP contribution is -2.01. The van der Waals surface area contributed by atoms with E-state index in [4.69, 9.17) is 18.9 Å². The van der Waals surface area contributed by atoms with E-state index in [0.717, 1.165) is 55.8 Å². The summed E-state index contributed by atoms with van der Waals surface area (Å²) in [6.45, 7) is 6.57. The largest absolute Gasteiger partial charge is 0.493 e. The van der Waals surface area contributed by atoms with E-state index >= 15 is 0 Å². The lowest BCUT2D eigenvalue weighted by atomic mass is 9.88. The van der Waals surface area contributed by atoms with Crippen molar-refractivity contribution in [2.45, 2.75) is 6.92 Å². The summed E-state index contributed by atoms with van der Waals surface area (Å²) in [6, 6.07) is 29.5. The second kappa shape index (κ2) is 9.84. The molecule has 6 rings (SSSR count). The van der Waals surface area contributed by atoms with Crippen LogP contribution in [0.4, 0.5) is 5.69 Å². The van der Waals surface area contributed by atoms with E-state index in [1.165, 1.54) is 11.1 Å². The molecular weight excluding hydrogens is 486 g/mol. The van der Waals surface area contributed by atoms with Crippen molar-refractivity contribution in [1.82, 2.24) is 0 Å². The molecule has 194 valence electrons. The zero-order valence-electron chi connectivity index (χ0n) is 22.6. The van der Waals surface area contributed by atoms with Crippen LogP contribution >= 0.6 is 0 Å². The highest BCUT2D eigenvalue weighted by Crippen LogP contribution is 2.49. The van der Waals surface area contributed by atoms with Gasteiger partial charge in [-0.2, -0.15) is 0 Å². The Hall–Kier alpha value is -4.77. The average Bonchev–Trinajstić information content (AvgIpc) is 3.43. The molecule has 0 atom stereocenters. The first-order valence-corrected chi connectivity index (χ1v) is 12.8. The van der Waals surface area contributed by atoms with Crippen molar-refractivity contribution in [3.05, 3.63) is 90.5 Å². The molecule has 0 saturated carbocycles. The summed E-state index contributed by atoms with van der Waals surface area (Å²) in [4.78, 5) is 0. The standard InChI is InChI=1S/C34H30NO4/c1-21-25(15-16-30(36-4)34(21)37-5)28-17-26(24-13-11-23(12-14-24)22-9-7-6-8-10-22)27-18-31-32(39-20-38-31)19-29(27)33(28)35(2)3/h6-19H,2,20H2,1,3-5H3/q+1. The Labute approximate surface area is 228 Å². The van der Waals surface area contributed by atoms with Crippen LogP contribution in [0.5, 0.6) is 23.0 Å². The van der Waals surface area contributed by atoms with Gasteiger partial charge in [0.1, 0.15) is 13.8 Å². The van der Waals surface area contributed by atoms with Crippen molar-refractivity contribution in [2.24, 2.45) is 0 Å². The molecule has 5 heteroatoms. The van der Waals surface area contributed by atoms with E-state index in [1.54, 1.807) is 14.2 Å². The first-order valence-electron chi connectivity index (χ1n) is 12.8. The van der Waals surface area contributed by atoms with Gasteiger partial charge in [-0.05, 0) is 65.1 Å². The topological polar surface area (TPSA) is 39.9 Å². The van der Waals surface area contributed by atoms with Gasteiger partial charge in [0.05, 0.1) is 25.2 Å². The monoisotopic (exact) mass is 516 g/mol. The van der Waals surface area contributed by atoms with Crippen molar-refractivity contribution in [1.29, 1.82) is 0 Å². The van der Waals surface area contributed by atoms with Gasteiger partial charge in [0.25, 0.3) is 0 Å². The number of benzene rings is 5. The maximum atomic E-state index is 5.79. The zero-order valence-corrected chi connectivity index (χ0v) is 22.6. The number of hydrogen-bond acceptors (Lipinski definition) is 4. The molecule has 0 N–H and O–H groups in total. The normalized spacial score (nSPS) is 12.0. The van der Waals surface area contributed by atoms with Crippen LogP contribution in [0.25, 0.3) is 44.2 Å². The lowest BCUT2D eigenvalue weighted by Gasteiger charge is -2.18. The third-order valence-corrected chi connectivity index (χ3v) is 7.37. The fourth-order valence-corrected chi connectivity index (χ4v) is 5.50. The van der Waals surface area contributed by atoms with Gasteiger partial charge in [-0.3, -0.25) is 0 Å². The molecule has 39 heavy (non-hydrogen) atoms. The number of rotatable bonds is 6. The first kappa shape index (κ1) is 24.6. The van der Waals surface area contributed by atoms with Gasteiger partial charge in [0.2, 0.25) is 12.5 Å². The fourth-order valence-electron chi connectivity index (χ4n) is 5.50. The molecule has 0 fully saturated rings. The van der Waals surface area contributed by atoms with E-state index in [9.17, 15) is 0 Å². The van der Waals surface area contributed by atoms with E-state index in [2.05, 4.69) is 86.4 Å². The van der Waals surface area contributed by atoms with Crippen molar-refractivity contribution in [3.63, 3.8) is 0 Å². The number of nitrogens with zero attached hydrogens (tertiary/aromatic N) is 1. The number of fused-ring (bicyclic) bond motifs is 2. The highest BCUT2D eigenvalue weighted by molar-refractivity contribution is 6.09. The van der Waals surface area contributed by atoms with Crippen LogP contribution < -0.4 is 18.9 Å². The number of methoxy groups -OCH3 is 2. The molecular formula is C34H30NO4+. The summed E-state index contributed by atoms with van der Waals surface area (Å²) in [6.07, 6.45) is 0. The highest BCUT2D eigenvalue weighted by atomic mass is 16.7. The smallest absolute Gasteiger partial charge is 0.231 e. The summed E-state index contributed by atoms with van der Waals surface area (Å²) in [5, 5.41) is 2.10. The van der Waals surface area contributed by atoms with Gasteiger partial charge in [-0.25, -0.2) is 4.58 Å². The summed E-state index contributed by atoms with van der Waals surface area (Å²) in [5.74, 6) is 2.89. The third-order valence-electron chi connectivity index (χ3n) is 7.37. The minimum atomic E-state index is 0.212. The quantitative estimate of drug-likeness (QED) is 0.170. The molecule has 1 aliphatic heterocycles. The van der Waals surface area contributed by atoms with Crippen molar-refractivity contribution in [2.75, 3.05) is 28.1 Å². The van der Waals surface area contributed by atoms with Crippen molar-refractivity contribution >= 4 is 23.2 Å². The summed E-state index contributed by atoms with van der Waals surface area (Å²) >= 11 is 0. The number of ether oxygens (including phenoxy) is 4. The highest BCUT2D eigenvalue weighted by Gasteiger charge is 2.26. The molecule has 0 aromatic heterocycles. The molecule has 1 aliphatic rings. The van der Waals surface area contributed by atoms with Crippen molar-refractivity contribution in [3.8, 4) is 56.4 Å². The Balaban J connectivity index is 1.64. The predicted molar refractivity (Wildman–Crippen MR) is 157 cm³/mol. The number of hydrogen-bond donors (Lipinski definition) is 0. The van der Waals surface area contributed by atoms with Crippen LogP contribution in [0.3, 0.4) is 0 Å². The Morgan fingerprint density at radius 2 is 1.33 bits per heavy atom. The van der Waals surface area contributed by atoms with Gasteiger partial charge in [-0.1, -0.05) is 54.6 Å².